The molecule has 7 nitrogen and oxygen atoms in total. The Labute approximate surface area is 155 Å². The highest BCUT2D eigenvalue weighted by molar-refractivity contribution is 5.92. The second-order valence-corrected chi connectivity index (χ2v) is 7.73. The summed E-state index contributed by atoms with van der Waals surface area (Å²) in [6.07, 6.45) is 6.00. The van der Waals surface area contributed by atoms with Crippen LogP contribution in [0.2, 0.25) is 0 Å². The third-order valence-corrected chi connectivity index (χ3v) is 5.60. The summed E-state index contributed by atoms with van der Waals surface area (Å²) in [6, 6.07) is 3.85. The van der Waals surface area contributed by atoms with Crippen LogP contribution in [0.25, 0.3) is 0 Å². The third kappa shape index (κ3) is 3.98. The number of hydrogen-bond donors (Lipinski definition) is 2. The molecule has 1 saturated carbocycles. The Morgan fingerprint density at radius 1 is 1.27 bits per heavy atom. The quantitative estimate of drug-likeness (QED) is 0.830. The summed E-state index contributed by atoms with van der Waals surface area (Å²) in [6.45, 7) is 5.25. The highest BCUT2D eigenvalue weighted by atomic mass is 16.1. The Morgan fingerprint density at radius 2 is 2.00 bits per heavy atom. The number of aryl methyl sites for hydroxylation is 2. The van der Waals surface area contributed by atoms with Gasteiger partial charge >= 0.3 is 0 Å². The highest BCUT2D eigenvalue weighted by Crippen LogP contribution is 2.31. The van der Waals surface area contributed by atoms with Crippen molar-refractivity contribution in [3.05, 3.63) is 34.9 Å². The van der Waals surface area contributed by atoms with Gasteiger partial charge in [-0.3, -0.25) is 14.6 Å². The van der Waals surface area contributed by atoms with Crippen molar-refractivity contribution in [3.8, 4) is 0 Å². The van der Waals surface area contributed by atoms with Gasteiger partial charge in [-0.15, -0.1) is 0 Å². The minimum absolute atomic E-state index is 0.0662. The molecule has 0 aliphatic heterocycles. The molecule has 142 valence electrons. The molecule has 7 heteroatoms. The normalized spacial score (nSPS) is 16.8. The van der Waals surface area contributed by atoms with Crippen LogP contribution in [0, 0.1) is 13.8 Å². The number of aromatic amines is 1. The number of nitrogens with one attached hydrogen (secondary N) is 2. The first-order chi connectivity index (χ1) is 12.4. The minimum atomic E-state index is -0.118. The average molecular weight is 358 g/mol. The smallest absolute Gasteiger partial charge is 0.271 e. The van der Waals surface area contributed by atoms with Gasteiger partial charge in [0.15, 0.2) is 0 Å². The van der Waals surface area contributed by atoms with Crippen LogP contribution in [0.4, 0.5) is 0 Å². The van der Waals surface area contributed by atoms with Crippen molar-refractivity contribution in [2.45, 2.75) is 58.0 Å². The lowest BCUT2D eigenvalue weighted by Crippen LogP contribution is -2.53. The van der Waals surface area contributed by atoms with E-state index in [4.69, 9.17) is 0 Å². The molecule has 0 saturated heterocycles. The van der Waals surface area contributed by atoms with E-state index in [2.05, 4.69) is 39.6 Å². The molecule has 2 aromatic rings. The van der Waals surface area contributed by atoms with E-state index in [-0.39, 0.29) is 11.4 Å². The lowest BCUT2D eigenvalue weighted by molar-refractivity contribution is 0.0796. The van der Waals surface area contributed by atoms with Gasteiger partial charge in [-0.1, -0.05) is 19.3 Å². The first-order valence-corrected chi connectivity index (χ1v) is 9.41. The van der Waals surface area contributed by atoms with Crippen LogP contribution in [0.1, 0.15) is 59.7 Å². The van der Waals surface area contributed by atoms with Gasteiger partial charge in [-0.05, 0) is 52.9 Å². The van der Waals surface area contributed by atoms with Gasteiger partial charge in [0.2, 0.25) is 0 Å². The molecule has 26 heavy (non-hydrogen) atoms. The number of nitrogens with zero attached hydrogens (tertiary/aromatic N) is 4. The molecule has 3 rings (SSSR count). The fourth-order valence-electron chi connectivity index (χ4n) is 3.88. The van der Waals surface area contributed by atoms with Crippen LogP contribution in [0.3, 0.4) is 0 Å². The van der Waals surface area contributed by atoms with Gasteiger partial charge in [0.1, 0.15) is 5.69 Å². The van der Waals surface area contributed by atoms with Gasteiger partial charge in [0.05, 0.1) is 17.9 Å². The number of likely N-dealkylation sites (N-methyl/N-ethyl adjacent to an activating group) is 1. The zero-order valence-electron chi connectivity index (χ0n) is 16.3. The summed E-state index contributed by atoms with van der Waals surface area (Å²) >= 11 is 0. The van der Waals surface area contributed by atoms with Crippen LogP contribution in [0.5, 0.6) is 0 Å². The number of carbonyl (C=O) groups excluding carboxylic acids is 1. The molecule has 0 atom stereocenters. The second kappa shape index (κ2) is 7.61. The zero-order valence-corrected chi connectivity index (χ0v) is 16.3. The van der Waals surface area contributed by atoms with E-state index in [1.54, 1.807) is 0 Å². The van der Waals surface area contributed by atoms with Gasteiger partial charge in [-0.25, -0.2) is 0 Å². The maximum Gasteiger partial charge on any atom is 0.271 e. The number of amides is 1. The van der Waals surface area contributed by atoms with Crippen LogP contribution < -0.4 is 5.32 Å². The highest BCUT2D eigenvalue weighted by Gasteiger charge is 2.34. The summed E-state index contributed by atoms with van der Waals surface area (Å²) in [5.74, 6) is -0.118. The fourth-order valence-corrected chi connectivity index (χ4v) is 3.88. The van der Waals surface area contributed by atoms with Crippen molar-refractivity contribution in [3.63, 3.8) is 0 Å². The Hall–Kier alpha value is -2.15. The molecule has 2 aromatic heterocycles. The van der Waals surface area contributed by atoms with Crippen molar-refractivity contribution >= 4 is 5.91 Å². The van der Waals surface area contributed by atoms with E-state index in [0.717, 1.165) is 29.9 Å². The van der Waals surface area contributed by atoms with E-state index >= 15 is 0 Å². The number of carbonyl (C=O) groups is 1. The Morgan fingerprint density at radius 3 is 2.62 bits per heavy atom. The lowest BCUT2D eigenvalue weighted by atomic mass is 9.80. The molecule has 2 N–H and O–H groups in total. The molecule has 0 radical (unpaired) electrons. The number of rotatable bonds is 6. The van der Waals surface area contributed by atoms with Gasteiger partial charge in [0.25, 0.3) is 5.91 Å². The number of aromatic nitrogens is 4. The molecular formula is C19H30N6O. The van der Waals surface area contributed by atoms with Gasteiger partial charge < -0.3 is 10.2 Å². The largest absolute Gasteiger partial charge is 0.349 e. The van der Waals surface area contributed by atoms with Crippen molar-refractivity contribution in [2.75, 3.05) is 20.6 Å². The number of hydrogen-bond acceptors (Lipinski definition) is 4. The predicted octanol–water partition coefficient (Wildman–Crippen LogP) is 2.27. The molecule has 1 aliphatic carbocycles. The Bertz CT molecular complexity index is 754. The number of H-pyrrole nitrogens is 1. The fraction of sp³-hybridized carbons (Fsp3) is 0.632. The lowest BCUT2D eigenvalue weighted by Gasteiger charge is -2.43. The summed E-state index contributed by atoms with van der Waals surface area (Å²) in [7, 11) is 4.22. The Kier molecular flexibility index (Phi) is 5.46. The minimum Gasteiger partial charge on any atom is -0.349 e. The standard InChI is InChI=1S/C19H30N6O/c1-14-10-15(2)25(23-14)12-16-11-17(22-21-16)18(26)20-13-19(24(3)4)8-6-5-7-9-19/h10-11H,5-9,12-13H2,1-4H3,(H,20,26)(H,21,22). The van der Waals surface area contributed by atoms with Gasteiger partial charge in [0, 0.05) is 17.8 Å². The topological polar surface area (TPSA) is 78.8 Å². The van der Waals surface area contributed by atoms with Gasteiger partial charge in [-0.2, -0.15) is 10.2 Å². The Balaban J connectivity index is 1.62. The maximum absolute atomic E-state index is 12.6. The summed E-state index contributed by atoms with van der Waals surface area (Å²) in [5, 5.41) is 14.7. The van der Waals surface area contributed by atoms with Crippen LogP contribution >= 0.6 is 0 Å². The van der Waals surface area contributed by atoms with E-state index < -0.39 is 0 Å². The predicted molar refractivity (Wildman–Crippen MR) is 101 cm³/mol. The molecule has 1 amide bonds. The van der Waals surface area contributed by atoms with E-state index in [1.807, 2.05) is 30.7 Å². The molecular weight excluding hydrogens is 328 g/mol. The van der Waals surface area contributed by atoms with Crippen LogP contribution in [0.15, 0.2) is 12.1 Å². The SMILES string of the molecule is Cc1cc(C)n(Cc2cc(C(=O)NCC3(N(C)C)CCCCC3)n[nH]2)n1. The molecule has 0 spiro atoms. The summed E-state index contributed by atoms with van der Waals surface area (Å²) < 4.78 is 1.91. The summed E-state index contributed by atoms with van der Waals surface area (Å²) in [5.41, 5.74) is 3.46. The molecule has 0 aromatic carbocycles. The van der Waals surface area contributed by atoms with E-state index in [0.29, 0.717) is 18.8 Å². The average Bonchev–Trinajstić information content (AvgIpc) is 3.20. The first kappa shape index (κ1) is 18.6. The first-order valence-electron chi connectivity index (χ1n) is 9.41. The van der Waals surface area contributed by atoms with Crippen molar-refractivity contribution in [2.24, 2.45) is 0 Å². The van der Waals surface area contributed by atoms with Crippen LogP contribution in [-0.4, -0.2) is 57.0 Å². The van der Waals surface area contributed by atoms with Crippen molar-refractivity contribution in [1.29, 1.82) is 0 Å². The van der Waals surface area contributed by atoms with Crippen molar-refractivity contribution < 1.29 is 4.79 Å². The summed E-state index contributed by atoms with van der Waals surface area (Å²) in [4.78, 5) is 14.8. The van der Waals surface area contributed by atoms with E-state index in [9.17, 15) is 4.79 Å². The molecule has 1 fully saturated rings. The van der Waals surface area contributed by atoms with E-state index in [1.165, 1.54) is 19.3 Å². The molecule has 0 bridgehead atoms. The van der Waals surface area contributed by atoms with Crippen molar-refractivity contribution in [1.82, 2.24) is 30.2 Å². The second-order valence-electron chi connectivity index (χ2n) is 7.73. The molecule has 1 aliphatic rings. The zero-order chi connectivity index (χ0) is 18.7. The monoisotopic (exact) mass is 358 g/mol. The third-order valence-electron chi connectivity index (χ3n) is 5.60. The molecule has 2 heterocycles. The maximum atomic E-state index is 12.6. The molecule has 0 unspecified atom stereocenters. The van der Waals surface area contributed by atoms with Crippen LogP contribution in [-0.2, 0) is 6.54 Å².